The fourth-order valence-corrected chi connectivity index (χ4v) is 4.83. The zero-order valence-corrected chi connectivity index (χ0v) is 19.2. The van der Waals surface area contributed by atoms with Gasteiger partial charge >= 0.3 is 0 Å². The largest absolute Gasteiger partial charge is 0.381 e. The van der Waals surface area contributed by atoms with Crippen molar-refractivity contribution in [3.8, 4) is 0 Å². The van der Waals surface area contributed by atoms with Crippen LogP contribution in [0.2, 0.25) is 0 Å². The monoisotopic (exact) mass is 464 g/mol. The van der Waals surface area contributed by atoms with Crippen LogP contribution in [0.1, 0.15) is 51.0 Å². The average Bonchev–Trinajstić information content (AvgIpc) is 2.77. The molecule has 0 spiro atoms. The molecule has 0 unspecified atom stereocenters. The summed E-state index contributed by atoms with van der Waals surface area (Å²) in [6.07, 6.45) is 5.07. The Hall–Kier alpha value is -1.40. The molecule has 2 amide bonds. The summed E-state index contributed by atoms with van der Waals surface area (Å²) in [6.45, 7) is 5.51. The number of amides is 2. The number of halogens is 1. The van der Waals surface area contributed by atoms with E-state index in [1.807, 2.05) is 29.0 Å². The summed E-state index contributed by atoms with van der Waals surface area (Å²) in [5.41, 5.74) is 0.569. The first-order valence-electron chi connectivity index (χ1n) is 10.9. The molecule has 2 fully saturated rings. The molecule has 0 aliphatic carbocycles. The minimum absolute atomic E-state index is 0.0409. The third-order valence-electron chi connectivity index (χ3n) is 6.51. The second kappa shape index (κ2) is 10.1. The van der Waals surface area contributed by atoms with E-state index in [9.17, 15) is 9.59 Å². The maximum atomic E-state index is 13.7. The molecule has 0 bridgehead atoms. The van der Waals surface area contributed by atoms with Crippen LogP contribution < -0.4 is 0 Å². The van der Waals surface area contributed by atoms with Crippen molar-refractivity contribution in [3.05, 3.63) is 34.3 Å². The number of nitrogens with zero attached hydrogens (tertiary/aromatic N) is 2. The molecule has 0 radical (unpaired) electrons. The number of piperidine rings is 1. The number of likely N-dealkylation sites (tertiary alicyclic amines) is 1. The molecule has 2 heterocycles. The minimum Gasteiger partial charge on any atom is -0.381 e. The van der Waals surface area contributed by atoms with Crippen LogP contribution in [0.3, 0.4) is 0 Å². The van der Waals surface area contributed by atoms with Gasteiger partial charge in [0.15, 0.2) is 0 Å². The van der Waals surface area contributed by atoms with Crippen molar-refractivity contribution in [1.29, 1.82) is 0 Å². The van der Waals surface area contributed by atoms with E-state index in [0.717, 1.165) is 42.3 Å². The number of unbranched alkanes of at least 4 members (excludes halogenated alkanes) is 1. The Bertz CT molecular complexity index is 693. The van der Waals surface area contributed by atoms with Gasteiger partial charge in [-0.25, -0.2) is 0 Å². The lowest BCUT2D eigenvalue weighted by molar-refractivity contribution is -0.145. The van der Waals surface area contributed by atoms with Crippen molar-refractivity contribution in [2.45, 2.75) is 50.9 Å². The van der Waals surface area contributed by atoms with Gasteiger partial charge in [0, 0.05) is 50.3 Å². The number of ether oxygens (including phenoxy) is 1. The van der Waals surface area contributed by atoms with Gasteiger partial charge in [-0.05, 0) is 49.8 Å². The van der Waals surface area contributed by atoms with E-state index in [0.29, 0.717) is 39.1 Å². The highest BCUT2D eigenvalue weighted by Gasteiger charge is 2.45. The van der Waals surface area contributed by atoms with Crippen molar-refractivity contribution in [2.24, 2.45) is 5.92 Å². The van der Waals surface area contributed by atoms with E-state index < -0.39 is 5.41 Å². The second-order valence-corrected chi connectivity index (χ2v) is 9.30. The highest BCUT2D eigenvalue weighted by Crippen LogP contribution is 2.38. The number of carbonyl (C=O) groups excluding carboxylic acids is 2. The van der Waals surface area contributed by atoms with Crippen LogP contribution in [0.5, 0.6) is 0 Å². The SMILES string of the molecule is CCCCN(C)C(=O)C1CCN(C(=O)C2(c3ccc(Br)cc3)CCOCC2)CC1. The highest BCUT2D eigenvalue weighted by molar-refractivity contribution is 9.10. The molecule has 0 saturated carbocycles. The normalized spacial score (nSPS) is 19.8. The van der Waals surface area contributed by atoms with E-state index >= 15 is 0 Å². The molecule has 1 aromatic rings. The fourth-order valence-electron chi connectivity index (χ4n) is 4.56. The number of hydrogen-bond acceptors (Lipinski definition) is 3. The van der Waals surface area contributed by atoms with E-state index in [1.54, 1.807) is 0 Å². The predicted octanol–water partition coefficient (Wildman–Crippen LogP) is 3.99. The first kappa shape index (κ1) is 22.3. The maximum absolute atomic E-state index is 13.7. The van der Waals surface area contributed by atoms with Gasteiger partial charge in [0.2, 0.25) is 11.8 Å². The van der Waals surface area contributed by atoms with Gasteiger partial charge in [-0.3, -0.25) is 9.59 Å². The van der Waals surface area contributed by atoms with Crippen LogP contribution in [0, 0.1) is 5.92 Å². The van der Waals surface area contributed by atoms with E-state index in [2.05, 4.69) is 35.0 Å². The van der Waals surface area contributed by atoms with Crippen LogP contribution in [0.25, 0.3) is 0 Å². The Kier molecular flexibility index (Phi) is 7.74. The minimum atomic E-state index is -0.506. The molecular formula is C23H33BrN2O3. The Labute approximate surface area is 182 Å². The Morgan fingerprint density at radius 3 is 2.38 bits per heavy atom. The summed E-state index contributed by atoms with van der Waals surface area (Å²) in [7, 11) is 1.90. The standard InChI is InChI=1S/C23H33BrN2O3/c1-3-4-13-25(2)21(27)18-9-14-26(15-10-18)22(28)23(11-16-29-17-12-23)19-5-7-20(24)8-6-19/h5-8,18H,3-4,9-17H2,1-2H3. The smallest absolute Gasteiger partial charge is 0.233 e. The number of rotatable bonds is 6. The van der Waals surface area contributed by atoms with Crippen molar-refractivity contribution in [1.82, 2.24) is 9.80 Å². The molecule has 2 aliphatic rings. The summed E-state index contributed by atoms with van der Waals surface area (Å²) >= 11 is 3.49. The predicted molar refractivity (Wildman–Crippen MR) is 118 cm³/mol. The molecule has 2 aliphatic heterocycles. The molecule has 1 aromatic carbocycles. The summed E-state index contributed by atoms with van der Waals surface area (Å²) in [5.74, 6) is 0.479. The van der Waals surface area contributed by atoms with Crippen molar-refractivity contribution in [2.75, 3.05) is 39.9 Å². The zero-order chi connectivity index (χ0) is 20.9. The highest BCUT2D eigenvalue weighted by atomic mass is 79.9. The van der Waals surface area contributed by atoms with Crippen molar-refractivity contribution in [3.63, 3.8) is 0 Å². The van der Waals surface area contributed by atoms with Crippen LogP contribution in [0.15, 0.2) is 28.7 Å². The lowest BCUT2D eigenvalue weighted by Gasteiger charge is -2.42. The Balaban J connectivity index is 1.67. The molecule has 0 atom stereocenters. The first-order chi connectivity index (χ1) is 14.0. The van der Waals surface area contributed by atoms with Crippen LogP contribution in [-0.4, -0.2) is 61.5 Å². The van der Waals surface area contributed by atoms with Crippen LogP contribution in [0.4, 0.5) is 0 Å². The molecule has 0 aromatic heterocycles. The molecule has 6 heteroatoms. The van der Waals surface area contributed by atoms with E-state index in [-0.39, 0.29) is 17.7 Å². The lowest BCUT2D eigenvalue weighted by atomic mass is 9.72. The lowest BCUT2D eigenvalue weighted by Crippen LogP contribution is -2.53. The van der Waals surface area contributed by atoms with E-state index in [1.165, 1.54) is 0 Å². The number of hydrogen-bond donors (Lipinski definition) is 0. The van der Waals surface area contributed by atoms with Crippen LogP contribution in [-0.2, 0) is 19.7 Å². The molecule has 29 heavy (non-hydrogen) atoms. The van der Waals surface area contributed by atoms with Gasteiger partial charge < -0.3 is 14.5 Å². The first-order valence-corrected chi connectivity index (χ1v) is 11.7. The van der Waals surface area contributed by atoms with Gasteiger partial charge in [0.1, 0.15) is 0 Å². The van der Waals surface area contributed by atoms with Gasteiger partial charge in [-0.15, -0.1) is 0 Å². The maximum Gasteiger partial charge on any atom is 0.233 e. The average molecular weight is 465 g/mol. The topological polar surface area (TPSA) is 49.9 Å². The van der Waals surface area contributed by atoms with Gasteiger partial charge in [-0.1, -0.05) is 41.4 Å². The third-order valence-corrected chi connectivity index (χ3v) is 7.04. The Morgan fingerprint density at radius 1 is 1.17 bits per heavy atom. The molecule has 0 N–H and O–H groups in total. The number of benzene rings is 1. The third kappa shape index (κ3) is 5.02. The summed E-state index contributed by atoms with van der Waals surface area (Å²) in [4.78, 5) is 30.2. The molecule has 2 saturated heterocycles. The summed E-state index contributed by atoms with van der Waals surface area (Å²) in [6, 6.07) is 8.15. The summed E-state index contributed by atoms with van der Waals surface area (Å²) in [5, 5.41) is 0. The Morgan fingerprint density at radius 2 is 1.79 bits per heavy atom. The van der Waals surface area contributed by atoms with Crippen LogP contribution >= 0.6 is 15.9 Å². The van der Waals surface area contributed by atoms with Crippen molar-refractivity contribution < 1.29 is 14.3 Å². The molecule has 3 rings (SSSR count). The van der Waals surface area contributed by atoms with Crippen molar-refractivity contribution >= 4 is 27.7 Å². The second-order valence-electron chi connectivity index (χ2n) is 8.38. The van der Waals surface area contributed by atoms with Gasteiger partial charge in [0.05, 0.1) is 5.41 Å². The van der Waals surface area contributed by atoms with Gasteiger partial charge in [-0.2, -0.15) is 0 Å². The number of carbonyl (C=O) groups is 2. The molecule has 160 valence electrons. The zero-order valence-electron chi connectivity index (χ0n) is 17.7. The summed E-state index contributed by atoms with van der Waals surface area (Å²) < 4.78 is 6.60. The van der Waals surface area contributed by atoms with E-state index in [4.69, 9.17) is 4.74 Å². The fraction of sp³-hybridized carbons (Fsp3) is 0.652. The molecule has 5 nitrogen and oxygen atoms in total. The van der Waals surface area contributed by atoms with Gasteiger partial charge in [0.25, 0.3) is 0 Å². The molecular weight excluding hydrogens is 432 g/mol. The quantitative estimate of drug-likeness (QED) is 0.639.